The third kappa shape index (κ3) is 3.97. The first-order valence-electron chi connectivity index (χ1n) is 9.20. The van der Waals surface area contributed by atoms with Crippen LogP contribution in [0.3, 0.4) is 0 Å². The Morgan fingerprint density at radius 1 is 1.25 bits per heavy atom. The zero-order valence-corrected chi connectivity index (χ0v) is 17.2. The number of hydrogen-bond acceptors (Lipinski definition) is 9. The van der Waals surface area contributed by atoms with Crippen molar-refractivity contribution >= 4 is 11.7 Å². The Kier molecular flexibility index (Phi) is 6.62. The van der Waals surface area contributed by atoms with E-state index in [2.05, 4.69) is 10.3 Å². The average molecular weight is 457 g/mol. The van der Waals surface area contributed by atoms with E-state index >= 15 is 0 Å². The second-order valence-corrected chi connectivity index (χ2v) is 6.68. The molecule has 0 unspecified atom stereocenters. The fourth-order valence-corrected chi connectivity index (χ4v) is 3.25. The van der Waals surface area contributed by atoms with E-state index < -0.39 is 42.6 Å². The first kappa shape index (κ1) is 23.4. The SMILES string of the molecule is COc1cc(C(=O)Nc2ccnc(=O)n2[C@@H]2O[C@H](CO)[C@@H](O)C2(F)F)cc(OC)c1OC. The molecule has 1 amide bonds. The van der Waals surface area contributed by atoms with Gasteiger partial charge in [0.25, 0.3) is 5.91 Å². The van der Waals surface area contributed by atoms with Crippen molar-refractivity contribution in [2.75, 3.05) is 33.3 Å². The molecule has 3 N–H and O–H groups in total. The molecule has 2 aromatic rings. The highest BCUT2D eigenvalue weighted by atomic mass is 19.3. The molecule has 1 aromatic carbocycles. The molecular weight excluding hydrogens is 436 g/mol. The van der Waals surface area contributed by atoms with E-state index in [1.54, 1.807) is 0 Å². The molecule has 0 bridgehead atoms. The molecule has 11 nitrogen and oxygen atoms in total. The van der Waals surface area contributed by atoms with Crippen molar-refractivity contribution in [3.63, 3.8) is 0 Å². The number of carbonyl (C=O) groups excluding carboxylic acids is 1. The van der Waals surface area contributed by atoms with Crippen LogP contribution in [-0.2, 0) is 4.74 Å². The van der Waals surface area contributed by atoms with Crippen LogP contribution in [-0.4, -0.2) is 71.7 Å². The van der Waals surface area contributed by atoms with Crippen molar-refractivity contribution < 1.29 is 42.7 Å². The average Bonchev–Trinajstić information content (AvgIpc) is 3.01. The number of ether oxygens (including phenoxy) is 4. The monoisotopic (exact) mass is 457 g/mol. The van der Waals surface area contributed by atoms with Crippen molar-refractivity contribution in [1.82, 2.24) is 9.55 Å². The lowest BCUT2D eigenvalue weighted by Gasteiger charge is -2.23. The summed E-state index contributed by atoms with van der Waals surface area (Å²) in [5.41, 5.74) is -1.16. The number of rotatable bonds is 7. The molecule has 0 spiro atoms. The summed E-state index contributed by atoms with van der Waals surface area (Å²) in [7, 11) is 4.08. The Hall–Kier alpha value is -3.29. The maximum absolute atomic E-state index is 14.6. The second kappa shape index (κ2) is 9.06. The number of amides is 1. The highest BCUT2D eigenvalue weighted by molar-refractivity contribution is 6.04. The van der Waals surface area contributed by atoms with Gasteiger partial charge in [0.15, 0.2) is 17.6 Å². The molecule has 2 heterocycles. The van der Waals surface area contributed by atoms with Gasteiger partial charge >= 0.3 is 11.6 Å². The van der Waals surface area contributed by atoms with E-state index in [-0.39, 0.29) is 28.6 Å². The third-order valence-electron chi connectivity index (χ3n) is 4.85. The quantitative estimate of drug-likeness (QED) is 0.539. The van der Waals surface area contributed by atoms with Crippen LogP contribution in [0.25, 0.3) is 0 Å². The third-order valence-corrected chi connectivity index (χ3v) is 4.85. The summed E-state index contributed by atoms with van der Waals surface area (Å²) in [4.78, 5) is 28.6. The number of aliphatic hydroxyl groups is 2. The minimum atomic E-state index is -3.95. The lowest BCUT2D eigenvalue weighted by molar-refractivity contribution is -0.140. The van der Waals surface area contributed by atoms with E-state index in [0.29, 0.717) is 4.57 Å². The minimum absolute atomic E-state index is 0.00248. The predicted molar refractivity (Wildman–Crippen MR) is 104 cm³/mol. The second-order valence-electron chi connectivity index (χ2n) is 6.68. The fraction of sp³-hybridized carbons (Fsp3) is 0.421. The Labute approximate surface area is 180 Å². The topological polar surface area (TPSA) is 141 Å². The molecule has 1 aliphatic heterocycles. The highest BCUT2D eigenvalue weighted by Gasteiger charge is 2.60. The Morgan fingerprint density at radius 2 is 1.88 bits per heavy atom. The van der Waals surface area contributed by atoms with E-state index in [1.807, 2.05) is 0 Å². The van der Waals surface area contributed by atoms with Crippen molar-refractivity contribution in [2.24, 2.45) is 0 Å². The van der Waals surface area contributed by atoms with E-state index in [9.17, 15) is 28.6 Å². The van der Waals surface area contributed by atoms with Gasteiger partial charge in [0.05, 0.1) is 27.9 Å². The normalized spacial score (nSPS) is 21.8. The number of aliphatic hydroxyl groups excluding tert-OH is 2. The van der Waals surface area contributed by atoms with E-state index in [4.69, 9.17) is 18.9 Å². The number of hydrogen-bond donors (Lipinski definition) is 3. The van der Waals surface area contributed by atoms with E-state index in [0.717, 1.165) is 12.3 Å². The zero-order chi connectivity index (χ0) is 23.6. The maximum Gasteiger partial charge on any atom is 0.351 e. The van der Waals surface area contributed by atoms with Gasteiger partial charge in [0.2, 0.25) is 12.0 Å². The number of halogens is 2. The summed E-state index contributed by atoms with van der Waals surface area (Å²) < 4.78 is 50.1. The number of nitrogens with one attached hydrogen (secondary N) is 1. The molecule has 0 radical (unpaired) electrons. The summed E-state index contributed by atoms with van der Waals surface area (Å²) in [6, 6.07) is 3.76. The highest BCUT2D eigenvalue weighted by Crippen LogP contribution is 2.43. The lowest BCUT2D eigenvalue weighted by atomic mass is 10.1. The molecule has 1 fully saturated rings. The smallest absolute Gasteiger partial charge is 0.351 e. The van der Waals surface area contributed by atoms with Crippen LogP contribution in [0.4, 0.5) is 14.6 Å². The molecule has 0 saturated carbocycles. The van der Waals surface area contributed by atoms with Gasteiger partial charge < -0.3 is 34.5 Å². The van der Waals surface area contributed by atoms with Crippen molar-refractivity contribution in [1.29, 1.82) is 0 Å². The first-order chi connectivity index (χ1) is 15.2. The van der Waals surface area contributed by atoms with Gasteiger partial charge in [-0.25, -0.2) is 14.3 Å². The van der Waals surface area contributed by atoms with Crippen LogP contribution < -0.4 is 25.2 Å². The summed E-state index contributed by atoms with van der Waals surface area (Å²) in [6.45, 7) is -0.907. The van der Waals surface area contributed by atoms with Crippen molar-refractivity contribution in [3.8, 4) is 17.2 Å². The van der Waals surface area contributed by atoms with E-state index in [1.165, 1.54) is 33.5 Å². The van der Waals surface area contributed by atoms with Crippen LogP contribution in [0, 0.1) is 0 Å². The molecule has 1 aromatic heterocycles. The number of nitrogens with zero attached hydrogens (tertiary/aromatic N) is 2. The molecule has 13 heteroatoms. The number of methoxy groups -OCH3 is 3. The summed E-state index contributed by atoms with van der Waals surface area (Å²) in [5.74, 6) is -4.56. The molecule has 32 heavy (non-hydrogen) atoms. The van der Waals surface area contributed by atoms with Crippen LogP contribution in [0.15, 0.2) is 29.2 Å². The Bertz CT molecular complexity index is 1040. The van der Waals surface area contributed by atoms with Gasteiger partial charge in [-0.3, -0.25) is 4.79 Å². The number of aromatic nitrogens is 2. The fourth-order valence-electron chi connectivity index (χ4n) is 3.25. The van der Waals surface area contributed by atoms with Gasteiger partial charge in [-0.05, 0) is 18.2 Å². The van der Waals surface area contributed by atoms with Crippen LogP contribution >= 0.6 is 0 Å². The van der Waals surface area contributed by atoms with Crippen LogP contribution in [0.1, 0.15) is 16.6 Å². The summed E-state index contributed by atoms with van der Waals surface area (Å²) in [5, 5.41) is 21.3. The van der Waals surface area contributed by atoms with Crippen molar-refractivity contribution in [2.45, 2.75) is 24.4 Å². The molecule has 174 valence electrons. The number of anilines is 1. The van der Waals surface area contributed by atoms with Gasteiger partial charge in [0.1, 0.15) is 11.9 Å². The number of benzene rings is 1. The Morgan fingerprint density at radius 3 is 2.38 bits per heavy atom. The molecule has 3 atom stereocenters. The standard InChI is InChI=1S/C19H21F2N3O8/c1-29-10-6-9(7-11(30-2)14(10)31-3)16(27)23-13-4-5-22-18(28)24(13)17-19(20,21)15(26)12(8-25)32-17/h4-7,12,15,17,25-26H,8H2,1-3H3,(H,23,27)/t12-,15-,17-/m1/s1. The molecular formula is C19H21F2N3O8. The van der Waals surface area contributed by atoms with Crippen molar-refractivity contribution in [3.05, 3.63) is 40.4 Å². The van der Waals surface area contributed by atoms with Crippen LogP contribution in [0.5, 0.6) is 17.2 Å². The Balaban J connectivity index is 2.01. The molecule has 1 saturated heterocycles. The molecule has 0 aliphatic carbocycles. The molecule has 1 aliphatic rings. The van der Waals surface area contributed by atoms with Crippen LogP contribution in [0.2, 0.25) is 0 Å². The van der Waals surface area contributed by atoms with Gasteiger partial charge in [0, 0.05) is 11.8 Å². The zero-order valence-electron chi connectivity index (χ0n) is 17.2. The first-order valence-corrected chi connectivity index (χ1v) is 9.20. The molecule has 3 rings (SSSR count). The maximum atomic E-state index is 14.6. The lowest BCUT2D eigenvalue weighted by Crippen LogP contribution is -2.42. The largest absolute Gasteiger partial charge is 0.493 e. The van der Waals surface area contributed by atoms with Gasteiger partial charge in [-0.15, -0.1) is 0 Å². The van der Waals surface area contributed by atoms with Gasteiger partial charge in [-0.2, -0.15) is 8.78 Å². The number of carbonyl (C=O) groups is 1. The predicted octanol–water partition coefficient (Wildman–Crippen LogP) is 0.407. The summed E-state index contributed by atoms with van der Waals surface area (Å²) in [6.07, 6.45) is -5.31. The minimum Gasteiger partial charge on any atom is -0.493 e. The number of alkyl halides is 2. The summed E-state index contributed by atoms with van der Waals surface area (Å²) >= 11 is 0. The van der Waals surface area contributed by atoms with Gasteiger partial charge in [-0.1, -0.05) is 0 Å².